The number of piperazine rings is 1. The summed E-state index contributed by atoms with van der Waals surface area (Å²) in [4.78, 5) is 24.3. The van der Waals surface area contributed by atoms with Crippen LogP contribution in [-0.2, 0) is 14.7 Å². The first-order chi connectivity index (χ1) is 17.2. The van der Waals surface area contributed by atoms with Crippen LogP contribution in [0.25, 0.3) is 0 Å². The summed E-state index contributed by atoms with van der Waals surface area (Å²) in [5.74, 6) is -0.547. The van der Waals surface area contributed by atoms with Crippen LogP contribution in [0, 0.1) is 5.82 Å². The van der Waals surface area contributed by atoms with Crippen molar-refractivity contribution in [3.05, 3.63) is 53.3 Å². The Kier molecular flexibility index (Phi) is 7.82. The minimum atomic E-state index is -3.46. The number of piperidine rings is 1. The van der Waals surface area contributed by atoms with E-state index in [-0.39, 0.29) is 16.6 Å². The number of oxime groups is 1. The average Bonchev–Trinajstić information content (AvgIpc) is 2.88. The second-order valence-electron chi connectivity index (χ2n) is 9.30. The van der Waals surface area contributed by atoms with E-state index in [2.05, 4.69) is 10.1 Å². The molecule has 2 aliphatic heterocycles. The molecule has 1 amide bonds. The zero-order valence-corrected chi connectivity index (χ0v) is 21.9. The van der Waals surface area contributed by atoms with Gasteiger partial charge in [0.25, 0.3) is 5.91 Å². The lowest BCUT2D eigenvalue weighted by Gasteiger charge is -2.37. The van der Waals surface area contributed by atoms with E-state index in [1.165, 1.54) is 19.2 Å². The van der Waals surface area contributed by atoms with E-state index in [0.717, 1.165) is 44.3 Å². The maximum Gasteiger partial charge on any atom is 0.256 e. The Balaban J connectivity index is 1.52. The van der Waals surface area contributed by atoms with Crippen molar-refractivity contribution in [2.24, 2.45) is 5.16 Å². The second kappa shape index (κ2) is 10.9. The lowest BCUT2D eigenvalue weighted by molar-refractivity contribution is 0.0747. The molecule has 0 aromatic heterocycles. The maximum absolute atomic E-state index is 14.9. The first kappa shape index (κ1) is 25.9. The molecule has 0 atom stereocenters. The highest BCUT2D eigenvalue weighted by Gasteiger charge is 2.28. The van der Waals surface area contributed by atoms with Gasteiger partial charge in [0.15, 0.2) is 9.84 Å². The van der Waals surface area contributed by atoms with E-state index in [4.69, 9.17) is 4.84 Å². The van der Waals surface area contributed by atoms with Crippen LogP contribution in [0.4, 0.5) is 15.8 Å². The molecule has 0 radical (unpaired) electrons. The van der Waals surface area contributed by atoms with Gasteiger partial charge in [-0.25, -0.2) is 12.8 Å². The minimum absolute atomic E-state index is 0.139. The van der Waals surface area contributed by atoms with E-state index in [1.54, 1.807) is 36.1 Å². The Hall–Kier alpha value is -3.14. The third kappa shape index (κ3) is 5.64. The fraction of sp³-hybridized carbons (Fsp3) is 0.462. The number of halogens is 1. The maximum atomic E-state index is 14.9. The highest BCUT2D eigenvalue weighted by molar-refractivity contribution is 7.90. The third-order valence-electron chi connectivity index (χ3n) is 6.82. The molecule has 0 N–H and O–H groups in total. The number of rotatable bonds is 6. The van der Waals surface area contributed by atoms with Crippen molar-refractivity contribution in [3.63, 3.8) is 0 Å². The Morgan fingerprint density at radius 3 is 2.17 bits per heavy atom. The third-order valence-corrected chi connectivity index (χ3v) is 7.93. The normalized spacial score (nSPS) is 17.3. The average molecular weight is 517 g/mol. The number of nitrogens with zero attached hydrogens (tertiary/aromatic N) is 4. The fourth-order valence-corrected chi connectivity index (χ4v) is 5.47. The SMILES string of the molecule is CO/N=C(\C)c1ccc(N2CCN(C(=O)c3cc(S(C)(=O)=O)ccc3N3CCCCC3)CC2)c(F)c1. The molecule has 0 saturated carbocycles. The predicted octanol–water partition coefficient (Wildman–Crippen LogP) is 3.55. The Labute approximate surface area is 212 Å². The van der Waals surface area contributed by atoms with Crippen LogP contribution in [0.15, 0.2) is 46.4 Å². The first-order valence-electron chi connectivity index (χ1n) is 12.2. The molecule has 0 bridgehead atoms. The molecule has 0 aliphatic carbocycles. The Bertz CT molecular complexity index is 1250. The quantitative estimate of drug-likeness (QED) is 0.431. The first-order valence-corrected chi connectivity index (χ1v) is 14.1. The summed E-state index contributed by atoms with van der Waals surface area (Å²) in [6.45, 7) is 5.20. The number of hydrogen-bond acceptors (Lipinski definition) is 7. The lowest BCUT2D eigenvalue weighted by atomic mass is 10.1. The van der Waals surface area contributed by atoms with Gasteiger partial charge in [0.1, 0.15) is 12.9 Å². The monoisotopic (exact) mass is 516 g/mol. The van der Waals surface area contributed by atoms with Gasteiger partial charge in [-0.2, -0.15) is 0 Å². The molecule has 2 aromatic rings. The molecule has 2 heterocycles. The Morgan fingerprint density at radius 1 is 0.917 bits per heavy atom. The molecule has 2 fully saturated rings. The van der Waals surface area contributed by atoms with Crippen molar-refractivity contribution in [2.45, 2.75) is 31.1 Å². The summed E-state index contributed by atoms with van der Waals surface area (Å²) >= 11 is 0. The van der Waals surface area contributed by atoms with Gasteiger partial charge in [0.05, 0.1) is 21.9 Å². The second-order valence-corrected chi connectivity index (χ2v) is 11.3. The van der Waals surface area contributed by atoms with Crippen molar-refractivity contribution >= 4 is 32.8 Å². The van der Waals surface area contributed by atoms with Gasteiger partial charge in [0.2, 0.25) is 0 Å². The Morgan fingerprint density at radius 2 is 1.56 bits per heavy atom. The summed E-state index contributed by atoms with van der Waals surface area (Å²) in [5, 5.41) is 3.85. The van der Waals surface area contributed by atoms with E-state index in [0.29, 0.717) is 48.7 Å². The number of amides is 1. The van der Waals surface area contributed by atoms with E-state index in [9.17, 15) is 17.6 Å². The molecule has 0 spiro atoms. The van der Waals surface area contributed by atoms with Gasteiger partial charge in [-0.1, -0.05) is 11.2 Å². The van der Waals surface area contributed by atoms with Gasteiger partial charge < -0.3 is 19.5 Å². The van der Waals surface area contributed by atoms with E-state index in [1.807, 2.05) is 4.90 Å². The van der Waals surface area contributed by atoms with Crippen LogP contribution in [0.2, 0.25) is 0 Å². The van der Waals surface area contributed by atoms with Crippen LogP contribution < -0.4 is 9.80 Å². The summed E-state index contributed by atoms with van der Waals surface area (Å²) in [5.41, 5.74) is 2.90. The standard InChI is InChI=1S/C26H33FN4O4S/c1-19(28-35-2)20-7-9-25(23(27)17-20)30-13-15-31(16-14-30)26(32)22-18-21(36(3,33)34)8-10-24(22)29-11-5-4-6-12-29/h7-10,17-18H,4-6,11-16H2,1-3H3/b28-19+. The number of carbonyl (C=O) groups is 1. The van der Waals surface area contributed by atoms with Gasteiger partial charge in [0, 0.05) is 56.8 Å². The van der Waals surface area contributed by atoms with Gasteiger partial charge in [-0.05, 0) is 56.5 Å². The van der Waals surface area contributed by atoms with Crippen molar-refractivity contribution in [1.29, 1.82) is 0 Å². The number of anilines is 2. The summed E-state index contributed by atoms with van der Waals surface area (Å²) in [7, 11) is -2.01. The molecule has 0 unspecified atom stereocenters. The highest BCUT2D eigenvalue weighted by Crippen LogP contribution is 2.29. The van der Waals surface area contributed by atoms with Gasteiger partial charge in [-0.3, -0.25) is 4.79 Å². The van der Waals surface area contributed by atoms with Gasteiger partial charge >= 0.3 is 0 Å². The molecule has 36 heavy (non-hydrogen) atoms. The topological polar surface area (TPSA) is 82.5 Å². The lowest BCUT2D eigenvalue weighted by Crippen LogP contribution is -2.49. The zero-order valence-electron chi connectivity index (χ0n) is 21.0. The van der Waals surface area contributed by atoms with Crippen LogP contribution >= 0.6 is 0 Å². The van der Waals surface area contributed by atoms with Crippen LogP contribution in [-0.4, -0.2) is 77.6 Å². The number of carbonyl (C=O) groups excluding carboxylic acids is 1. The van der Waals surface area contributed by atoms with Gasteiger partial charge in [-0.15, -0.1) is 0 Å². The summed E-state index contributed by atoms with van der Waals surface area (Å²) < 4.78 is 39.3. The molecule has 194 valence electrons. The van der Waals surface area contributed by atoms with Crippen molar-refractivity contribution < 1.29 is 22.4 Å². The molecule has 2 aliphatic rings. The van der Waals surface area contributed by atoms with Crippen LogP contribution in [0.1, 0.15) is 42.1 Å². The van der Waals surface area contributed by atoms with E-state index < -0.39 is 9.84 Å². The summed E-state index contributed by atoms with van der Waals surface area (Å²) in [6.07, 6.45) is 4.39. The van der Waals surface area contributed by atoms with Crippen molar-refractivity contribution in [3.8, 4) is 0 Å². The minimum Gasteiger partial charge on any atom is -0.399 e. The van der Waals surface area contributed by atoms with Crippen molar-refractivity contribution in [1.82, 2.24) is 4.90 Å². The van der Waals surface area contributed by atoms with Crippen LogP contribution in [0.3, 0.4) is 0 Å². The smallest absolute Gasteiger partial charge is 0.256 e. The molecule has 2 saturated heterocycles. The fourth-order valence-electron chi connectivity index (χ4n) is 4.83. The molecule has 2 aromatic carbocycles. The number of hydrogen-bond donors (Lipinski definition) is 0. The highest BCUT2D eigenvalue weighted by atomic mass is 32.2. The molecule has 8 nitrogen and oxygen atoms in total. The molecule has 4 rings (SSSR count). The largest absolute Gasteiger partial charge is 0.399 e. The number of benzene rings is 2. The predicted molar refractivity (Wildman–Crippen MR) is 139 cm³/mol. The van der Waals surface area contributed by atoms with E-state index >= 15 is 0 Å². The molecular weight excluding hydrogens is 483 g/mol. The number of sulfone groups is 1. The molecule has 10 heteroatoms. The van der Waals surface area contributed by atoms with Crippen molar-refractivity contribution in [2.75, 3.05) is 62.4 Å². The van der Waals surface area contributed by atoms with Crippen LogP contribution in [0.5, 0.6) is 0 Å². The summed E-state index contributed by atoms with van der Waals surface area (Å²) in [6, 6.07) is 9.81. The zero-order chi connectivity index (χ0) is 25.9. The molecular formula is C26H33FN4O4S.